The molecule has 0 aliphatic carbocycles. The Kier molecular flexibility index (Phi) is 5.48. The number of fused-ring (bicyclic) bond motifs is 1. The Morgan fingerprint density at radius 2 is 2.38 bits per heavy atom. The maximum atomic E-state index is 12.6. The van der Waals surface area contributed by atoms with Crippen LogP contribution in [-0.2, 0) is 22.6 Å². The number of nitrogens with zero attached hydrogens (tertiary/aromatic N) is 3. The van der Waals surface area contributed by atoms with Crippen molar-refractivity contribution in [3.05, 3.63) is 45.9 Å². The fourth-order valence-corrected chi connectivity index (χ4v) is 3.65. The topological polar surface area (TPSA) is 47.4 Å². The van der Waals surface area contributed by atoms with Crippen LogP contribution in [0.25, 0.3) is 6.08 Å². The van der Waals surface area contributed by atoms with Crippen LogP contribution in [0.15, 0.2) is 29.8 Å². The van der Waals surface area contributed by atoms with E-state index >= 15 is 0 Å². The maximum Gasteiger partial charge on any atom is 0.246 e. The Morgan fingerprint density at radius 3 is 3.08 bits per heavy atom. The minimum atomic E-state index is 0.0411. The lowest BCUT2D eigenvalue weighted by molar-refractivity contribution is -0.127. The predicted molar refractivity (Wildman–Crippen MR) is 95.9 cm³/mol. The number of carbonyl (C=O) groups excluding carboxylic acids is 1. The molecule has 1 atom stereocenters. The second-order valence-corrected chi connectivity index (χ2v) is 6.77. The van der Waals surface area contributed by atoms with Gasteiger partial charge in [-0.1, -0.05) is 6.07 Å². The highest BCUT2D eigenvalue weighted by Gasteiger charge is 2.30. The van der Waals surface area contributed by atoms with E-state index in [9.17, 15) is 4.79 Å². The summed E-state index contributed by atoms with van der Waals surface area (Å²) >= 11 is 1.63. The minimum Gasteiger partial charge on any atom is -0.381 e. The molecular formula is C18H23N3O2S. The number of thiophene rings is 1. The molecule has 1 aliphatic rings. The van der Waals surface area contributed by atoms with E-state index in [2.05, 4.69) is 12.0 Å². The van der Waals surface area contributed by atoms with E-state index in [1.807, 2.05) is 46.3 Å². The van der Waals surface area contributed by atoms with Gasteiger partial charge in [0.25, 0.3) is 0 Å². The van der Waals surface area contributed by atoms with Crippen molar-refractivity contribution in [2.75, 3.05) is 19.8 Å². The van der Waals surface area contributed by atoms with Gasteiger partial charge in [-0.2, -0.15) is 5.10 Å². The smallest absolute Gasteiger partial charge is 0.246 e. The molecule has 2 aromatic heterocycles. The third-order valence-corrected chi connectivity index (χ3v) is 5.11. The van der Waals surface area contributed by atoms with Crippen LogP contribution in [0.4, 0.5) is 0 Å². The highest BCUT2D eigenvalue weighted by atomic mass is 32.1. The average molecular weight is 345 g/mol. The summed E-state index contributed by atoms with van der Waals surface area (Å²) in [6.07, 6.45) is 5.49. The fraction of sp³-hybridized carbons (Fsp3) is 0.444. The summed E-state index contributed by atoms with van der Waals surface area (Å²) in [6, 6.07) is 3.99. The first-order valence-electron chi connectivity index (χ1n) is 8.35. The number of hydrogen-bond acceptors (Lipinski definition) is 4. The molecule has 0 aromatic carbocycles. The summed E-state index contributed by atoms with van der Waals surface area (Å²) in [5.74, 6) is 0.229. The van der Waals surface area contributed by atoms with Crippen LogP contribution < -0.4 is 0 Å². The van der Waals surface area contributed by atoms with Crippen LogP contribution >= 0.6 is 11.3 Å². The molecule has 5 nitrogen and oxygen atoms in total. The van der Waals surface area contributed by atoms with Gasteiger partial charge in [0.15, 0.2) is 0 Å². The van der Waals surface area contributed by atoms with Crippen molar-refractivity contribution in [3.63, 3.8) is 0 Å². The third-order valence-electron chi connectivity index (χ3n) is 4.27. The average Bonchev–Trinajstić information content (AvgIpc) is 3.26. The fourth-order valence-electron chi connectivity index (χ4n) is 3.04. The van der Waals surface area contributed by atoms with Gasteiger partial charge in [0.1, 0.15) is 0 Å². The van der Waals surface area contributed by atoms with Crippen molar-refractivity contribution in [3.8, 4) is 0 Å². The number of aromatic nitrogens is 2. The van der Waals surface area contributed by atoms with Crippen molar-refractivity contribution in [1.29, 1.82) is 0 Å². The molecule has 3 heterocycles. The lowest BCUT2D eigenvalue weighted by Crippen LogP contribution is -2.39. The molecule has 0 fully saturated rings. The predicted octanol–water partition coefficient (Wildman–Crippen LogP) is 3.14. The Morgan fingerprint density at radius 1 is 1.50 bits per heavy atom. The van der Waals surface area contributed by atoms with Crippen LogP contribution in [0.3, 0.4) is 0 Å². The number of amides is 1. The molecule has 24 heavy (non-hydrogen) atoms. The summed E-state index contributed by atoms with van der Waals surface area (Å²) in [6.45, 7) is 7.46. The van der Waals surface area contributed by atoms with Gasteiger partial charge in [0.05, 0.1) is 25.0 Å². The first-order valence-corrected chi connectivity index (χ1v) is 9.23. The van der Waals surface area contributed by atoms with Crippen molar-refractivity contribution >= 4 is 23.3 Å². The van der Waals surface area contributed by atoms with Crippen LogP contribution in [0, 0.1) is 0 Å². The zero-order chi connectivity index (χ0) is 16.9. The van der Waals surface area contributed by atoms with Gasteiger partial charge in [-0.25, -0.2) is 0 Å². The molecule has 0 spiro atoms. The summed E-state index contributed by atoms with van der Waals surface area (Å²) in [5, 5.41) is 6.47. The van der Waals surface area contributed by atoms with E-state index in [-0.39, 0.29) is 11.8 Å². The van der Waals surface area contributed by atoms with E-state index in [4.69, 9.17) is 4.74 Å². The highest BCUT2D eigenvalue weighted by Crippen LogP contribution is 2.29. The third kappa shape index (κ3) is 3.60. The molecule has 0 unspecified atom stereocenters. The van der Waals surface area contributed by atoms with E-state index < -0.39 is 0 Å². The normalized spacial score (nSPS) is 17.4. The van der Waals surface area contributed by atoms with Gasteiger partial charge < -0.3 is 9.64 Å². The van der Waals surface area contributed by atoms with Crippen LogP contribution in [0.2, 0.25) is 0 Å². The van der Waals surface area contributed by atoms with Crippen molar-refractivity contribution < 1.29 is 9.53 Å². The second kappa shape index (κ2) is 7.77. The SMILES string of the molecule is CCOC[C@@H]1CN(C(=O)/C=C/c2cccs2)Cc2c1cnn2CC. The number of aryl methyl sites for hydroxylation is 1. The summed E-state index contributed by atoms with van der Waals surface area (Å²) in [4.78, 5) is 15.6. The Balaban J connectivity index is 1.78. The molecule has 2 aromatic rings. The van der Waals surface area contributed by atoms with Crippen LogP contribution in [-0.4, -0.2) is 40.3 Å². The molecule has 1 aliphatic heterocycles. The van der Waals surface area contributed by atoms with Crippen LogP contribution in [0.1, 0.15) is 35.9 Å². The number of hydrogen-bond donors (Lipinski definition) is 0. The molecule has 6 heteroatoms. The van der Waals surface area contributed by atoms with E-state index in [0.717, 1.165) is 17.1 Å². The number of carbonyl (C=O) groups is 1. The first-order chi connectivity index (χ1) is 11.7. The van der Waals surface area contributed by atoms with Crippen molar-refractivity contribution in [2.24, 2.45) is 0 Å². The molecule has 1 amide bonds. The Labute approximate surface area is 146 Å². The van der Waals surface area contributed by atoms with Gasteiger partial charge in [-0.3, -0.25) is 9.48 Å². The van der Waals surface area contributed by atoms with Gasteiger partial charge >= 0.3 is 0 Å². The zero-order valence-electron chi connectivity index (χ0n) is 14.1. The monoisotopic (exact) mass is 345 g/mol. The molecule has 0 N–H and O–H groups in total. The summed E-state index contributed by atoms with van der Waals surface area (Å²) in [5.41, 5.74) is 2.35. The molecule has 0 saturated carbocycles. The Bertz CT molecular complexity index is 706. The van der Waals surface area contributed by atoms with Gasteiger partial charge in [-0.15, -0.1) is 11.3 Å². The van der Waals surface area contributed by atoms with Crippen LogP contribution in [0.5, 0.6) is 0 Å². The lowest BCUT2D eigenvalue weighted by Gasteiger charge is -2.32. The molecule has 0 bridgehead atoms. The highest BCUT2D eigenvalue weighted by molar-refractivity contribution is 7.10. The molecule has 3 rings (SSSR count). The van der Waals surface area contributed by atoms with E-state index in [1.165, 1.54) is 5.56 Å². The maximum absolute atomic E-state index is 12.6. The largest absolute Gasteiger partial charge is 0.381 e. The molecule has 0 radical (unpaired) electrons. The second-order valence-electron chi connectivity index (χ2n) is 5.79. The molecule has 128 valence electrons. The van der Waals surface area contributed by atoms with E-state index in [1.54, 1.807) is 17.4 Å². The first kappa shape index (κ1) is 16.9. The van der Waals surface area contributed by atoms with Crippen molar-refractivity contribution in [2.45, 2.75) is 32.9 Å². The number of rotatable bonds is 6. The lowest BCUT2D eigenvalue weighted by atomic mass is 9.95. The number of ether oxygens (including phenoxy) is 1. The summed E-state index contributed by atoms with van der Waals surface area (Å²) in [7, 11) is 0. The van der Waals surface area contributed by atoms with Crippen molar-refractivity contribution in [1.82, 2.24) is 14.7 Å². The van der Waals surface area contributed by atoms with Gasteiger partial charge in [0.2, 0.25) is 5.91 Å². The molecule has 0 saturated heterocycles. The quantitative estimate of drug-likeness (QED) is 0.756. The summed E-state index contributed by atoms with van der Waals surface area (Å²) < 4.78 is 7.61. The standard InChI is InChI=1S/C18H23N3O2S/c1-3-21-17-12-20(18(22)8-7-15-6-5-9-24-15)11-14(13-23-4-2)16(17)10-19-21/h5-10,14H,3-4,11-13H2,1-2H3/b8-7+/t14-/m0/s1. The van der Waals surface area contributed by atoms with Gasteiger partial charge in [-0.05, 0) is 31.4 Å². The Hall–Kier alpha value is -1.92. The molecular weight excluding hydrogens is 322 g/mol. The minimum absolute atomic E-state index is 0.0411. The zero-order valence-corrected chi connectivity index (χ0v) is 15.0. The van der Waals surface area contributed by atoms with Gasteiger partial charge in [0, 0.05) is 42.1 Å². The van der Waals surface area contributed by atoms with E-state index in [0.29, 0.717) is 26.3 Å².